The lowest BCUT2D eigenvalue weighted by Gasteiger charge is -2.02. The Balaban J connectivity index is 2.37. The molecule has 60 valence electrons. The molecule has 2 heteroatoms. The molecule has 0 amide bonds. The molecule has 1 aromatic rings. The second kappa shape index (κ2) is 3.98. The molecular formula is C9H13NO. The third kappa shape index (κ3) is 3.05. The first-order chi connectivity index (χ1) is 5.29. The lowest BCUT2D eigenvalue weighted by atomic mass is 10.4. The van der Waals surface area contributed by atoms with E-state index in [-0.39, 0.29) is 0 Å². The van der Waals surface area contributed by atoms with Crippen LogP contribution in [-0.2, 0) is 0 Å². The average Bonchev–Trinajstić information content (AvgIpc) is 2.39. The minimum absolute atomic E-state index is 0.909. The van der Waals surface area contributed by atoms with Crippen molar-refractivity contribution in [3.8, 4) is 0 Å². The number of hydrogen-bond donors (Lipinski definition) is 0. The Kier molecular flexibility index (Phi) is 2.93. The van der Waals surface area contributed by atoms with Gasteiger partial charge < -0.3 is 9.32 Å². The van der Waals surface area contributed by atoms with Crippen LogP contribution in [-0.4, -0.2) is 25.5 Å². The van der Waals surface area contributed by atoms with Crippen molar-refractivity contribution in [3.05, 3.63) is 30.2 Å². The van der Waals surface area contributed by atoms with Crippen LogP contribution < -0.4 is 0 Å². The van der Waals surface area contributed by atoms with Crippen molar-refractivity contribution in [2.75, 3.05) is 20.6 Å². The van der Waals surface area contributed by atoms with Crippen LogP contribution >= 0.6 is 0 Å². The van der Waals surface area contributed by atoms with E-state index in [4.69, 9.17) is 4.42 Å². The lowest BCUT2D eigenvalue weighted by Crippen LogP contribution is -2.10. The van der Waals surface area contributed by atoms with Crippen LogP contribution in [0.3, 0.4) is 0 Å². The highest BCUT2D eigenvalue weighted by Gasteiger charge is 1.86. The monoisotopic (exact) mass is 151 g/mol. The molecule has 0 radical (unpaired) electrons. The van der Waals surface area contributed by atoms with Gasteiger partial charge in [-0.15, -0.1) is 0 Å². The van der Waals surface area contributed by atoms with Crippen molar-refractivity contribution in [2.45, 2.75) is 0 Å². The first-order valence-electron chi connectivity index (χ1n) is 3.64. The highest BCUT2D eigenvalue weighted by atomic mass is 16.3. The Morgan fingerprint density at radius 2 is 2.36 bits per heavy atom. The van der Waals surface area contributed by atoms with Crippen molar-refractivity contribution in [1.82, 2.24) is 4.90 Å². The van der Waals surface area contributed by atoms with Crippen LogP contribution in [0.15, 0.2) is 28.9 Å². The van der Waals surface area contributed by atoms with Gasteiger partial charge in [-0.25, -0.2) is 0 Å². The summed E-state index contributed by atoms with van der Waals surface area (Å²) in [6.45, 7) is 0.945. The topological polar surface area (TPSA) is 16.4 Å². The summed E-state index contributed by atoms with van der Waals surface area (Å²) in [5.41, 5.74) is 0. The third-order valence-electron chi connectivity index (χ3n) is 1.30. The van der Waals surface area contributed by atoms with Gasteiger partial charge in [-0.2, -0.15) is 0 Å². The van der Waals surface area contributed by atoms with Crippen molar-refractivity contribution in [1.29, 1.82) is 0 Å². The molecule has 1 aromatic heterocycles. The highest BCUT2D eigenvalue weighted by molar-refractivity contribution is 5.42. The number of likely N-dealkylation sites (N-methyl/N-ethyl adjacent to an activating group) is 1. The van der Waals surface area contributed by atoms with E-state index in [1.165, 1.54) is 0 Å². The van der Waals surface area contributed by atoms with Gasteiger partial charge >= 0.3 is 0 Å². The summed E-state index contributed by atoms with van der Waals surface area (Å²) in [7, 11) is 4.07. The molecule has 0 aliphatic heterocycles. The summed E-state index contributed by atoms with van der Waals surface area (Å²) in [6.07, 6.45) is 5.72. The zero-order chi connectivity index (χ0) is 8.10. The summed E-state index contributed by atoms with van der Waals surface area (Å²) in [5, 5.41) is 0. The molecule has 0 bridgehead atoms. The van der Waals surface area contributed by atoms with Gasteiger partial charge in [-0.3, -0.25) is 0 Å². The quantitative estimate of drug-likeness (QED) is 0.655. The summed E-state index contributed by atoms with van der Waals surface area (Å²) in [4.78, 5) is 2.10. The van der Waals surface area contributed by atoms with Crippen LogP contribution in [0.4, 0.5) is 0 Å². The minimum atomic E-state index is 0.909. The zero-order valence-electron chi connectivity index (χ0n) is 6.95. The number of hydrogen-bond acceptors (Lipinski definition) is 2. The molecule has 0 saturated heterocycles. The molecule has 0 N–H and O–H groups in total. The second-order valence-electron chi connectivity index (χ2n) is 2.68. The standard InChI is InChI=1S/C9H13NO/c1-10(2)7-3-5-9-6-4-8-11-9/h3-6,8H,7H2,1-2H3/b5-3+. The third-order valence-corrected chi connectivity index (χ3v) is 1.30. The Bertz CT molecular complexity index is 211. The first-order valence-corrected chi connectivity index (χ1v) is 3.64. The molecule has 0 unspecified atom stereocenters. The van der Waals surface area contributed by atoms with Crippen molar-refractivity contribution in [3.63, 3.8) is 0 Å². The molecule has 0 fully saturated rings. The van der Waals surface area contributed by atoms with Gasteiger partial charge in [-0.1, -0.05) is 6.08 Å². The van der Waals surface area contributed by atoms with Gasteiger partial charge in [0.1, 0.15) is 5.76 Å². The Labute approximate surface area is 67.1 Å². The molecule has 1 heterocycles. The Hall–Kier alpha value is -1.02. The Morgan fingerprint density at radius 1 is 1.55 bits per heavy atom. The summed E-state index contributed by atoms with van der Waals surface area (Å²) >= 11 is 0. The molecule has 0 saturated carbocycles. The van der Waals surface area contributed by atoms with E-state index < -0.39 is 0 Å². The maximum atomic E-state index is 5.11. The van der Waals surface area contributed by atoms with Gasteiger partial charge in [0.15, 0.2) is 0 Å². The molecule has 1 rings (SSSR count). The van der Waals surface area contributed by atoms with Gasteiger partial charge in [0.05, 0.1) is 6.26 Å². The highest BCUT2D eigenvalue weighted by Crippen LogP contribution is 2.01. The van der Waals surface area contributed by atoms with Gasteiger partial charge in [0.2, 0.25) is 0 Å². The summed E-state index contributed by atoms with van der Waals surface area (Å²) in [6, 6.07) is 3.82. The SMILES string of the molecule is CN(C)C/C=C/c1ccco1. The molecule has 0 aromatic carbocycles. The molecular weight excluding hydrogens is 138 g/mol. The fourth-order valence-electron chi connectivity index (χ4n) is 0.766. The predicted molar refractivity (Wildman–Crippen MR) is 46.3 cm³/mol. The first kappa shape index (κ1) is 8.08. The van der Waals surface area contributed by atoms with Gasteiger partial charge in [-0.05, 0) is 32.3 Å². The molecule has 0 spiro atoms. The van der Waals surface area contributed by atoms with E-state index in [2.05, 4.69) is 11.0 Å². The normalized spacial score (nSPS) is 11.5. The van der Waals surface area contributed by atoms with Crippen LogP contribution in [0.1, 0.15) is 5.76 Å². The molecule has 0 aliphatic rings. The maximum Gasteiger partial charge on any atom is 0.126 e. The number of furan rings is 1. The van der Waals surface area contributed by atoms with Crippen LogP contribution in [0.2, 0.25) is 0 Å². The van der Waals surface area contributed by atoms with E-state index >= 15 is 0 Å². The van der Waals surface area contributed by atoms with Crippen molar-refractivity contribution in [2.24, 2.45) is 0 Å². The fourth-order valence-corrected chi connectivity index (χ4v) is 0.766. The lowest BCUT2D eigenvalue weighted by molar-refractivity contribution is 0.457. The summed E-state index contributed by atoms with van der Waals surface area (Å²) in [5.74, 6) is 0.909. The van der Waals surface area contributed by atoms with E-state index in [9.17, 15) is 0 Å². The average molecular weight is 151 g/mol. The molecule has 2 nitrogen and oxygen atoms in total. The van der Waals surface area contributed by atoms with Crippen LogP contribution in [0, 0.1) is 0 Å². The van der Waals surface area contributed by atoms with Gasteiger partial charge in [0, 0.05) is 6.54 Å². The maximum absolute atomic E-state index is 5.11. The Morgan fingerprint density at radius 3 is 2.91 bits per heavy atom. The van der Waals surface area contributed by atoms with E-state index in [1.54, 1.807) is 6.26 Å². The van der Waals surface area contributed by atoms with E-state index in [1.807, 2.05) is 32.3 Å². The summed E-state index contributed by atoms with van der Waals surface area (Å²) < 4.78 is 5.11. The van der Waals surface area contributed by atoms with Gasteiger partial charge in [0.25, 0.3) is 0 Å². The van der Waals surface area contributed by atoms with E-state index in [0.29, 0.717) is 0 Å². The molecule has 0 atom stereocenters. The zero-order valence-corrected chi connectivity index (χ0v) is 6.95. The number of nitrogens with zero attached hydrogens (tertiary/aromatic N) is 1. The molecule has 11 heavy (non-hydrogen) atoms. The van der Waals surface area contributed by atoms with Crippen molar-refractivity contribution >= 4 is 6.08 Å². The second-order valence-corrected chi connectivity index (χ2v) is 2.68. The fraction of sp³-hybridized carbons (Fsp3) is 0.333. The van der Waals surface area contributed by atoms with Crippen LogP contribution in [0.25, 0.3) is 6.08 Å². The van der Waals surface area contributed by atoms with Crippen molar-refractivity contribution < 1.29 is 4.42 Å². The number of rotatable bonds is 3. The predicted octanol–water partition coefficient (Wildman–Crippen LogP) is 1.85. The molecule has 0 aliphatic carbocycles. The van der Waals surface area contributed by atoms with E-state index in [0.717, 1.165) is 12.3 Å². The minimum Gasteiger partial charge on any atom is -0.465 e. The smallest absolute Gasteiger partial charge is 0.126 e. The largest absolute Gasteiger partial charge is 0.465 e. The van der Waals surface area contributed by atoms with Crippen LogP contribution in [0.5, 0.6) is 0 Å².